The number of nitrogens with zero attached hydrogens (tertiary/aromatic N) is 3. The zero-order chi connectivity index (χ0) is 22.3. The lowest BCUT2D eigenvalue weighted by atomic mass is 10.2. The second-order valence-corrected chi connectivity index (χ2v) is 8.17. The van der Waals surface area contributed by atoms with E-state index in [9.17, 15) is 9.59 Å². The number of anilines is 2. The Balaban J connectivity index is 1.16. The molecule has 0 saturated carbocycles. The summed E-state index contributed by atoms with van der Waals surface area (Å²) >= 11 is 0. The van der Waals surface area contributed by atoms with Crippen molar-refractivity contribution in [2.24, 2.45) is 0 Å². The van der Waals surface area contributed by atoms with Gasteiger partial charge >= 0.3 is 6.03 Å². The van der Waals surface area contributed by atoms with Crippen molar-refractivity contribution in [1.29, 1.82) is 0 Å². The molecule has 8 nitrogen and oxygen atoms in total. The average Bonchev–Trinajstić information content (AvgIpc) is 3.20. The van der Waals surface area contributed by atoms with E-state index in [4.69, 9.17) is 4.74 Å². The molecule has 0 aromatic heterocycles. The van der Waals surface area contributed by atoms with Crippen LogP contribution in [-0.2, 0) is 4.79 Å². The molecular weight excluding hydrogens is 406 g/mol. The van der Waals surface area contributed by atoms with Crippen molar-refractivity contribution in [1.82, 2.24) is 15.5 Å². The van der Waals surface area contributed by atoms with Crippen molar-refractivity contribution in [3.63, 3.8) is 0 Å². The number of nitrogens with one attached hydrogen (secondary N) is 2. The zero-order valence-electron chi connectivity index (χ0n) is 18.5. The van der Waals surface area contributed by atoms with Gasteiger partial charge in [-0.15, -0.1) is 0 Å². The maximum atomic E-state index is 12.4. The summed E-state index contributed by atoms with van der Waals surface area (Å²) in [6.07, 6.45) is 0.298. The maximum Gasteiger partial charge on any atom is 0.315 e. The van der Waals surface area contributed by atoms with Crippen molar-refractivity contribution in [3.05, 3.63) is 54.6 Å². The van der Waals surface area contributed by atoms with E-state index in [1.807, 2.05) is 30.3 Å². The Labute approximate surface area is 189 Å². The minimum atomic E-state index is -0.224. The van der Waals surface area contributed by atoms with Gasteiger partial charge in [0.15, 0.2) is 0 Å². The molecule has 2 fully saturated rings. The summed E-state index contributed by atoms with van der Waals surface area (Å²) in [5, 5.41) is 5.87. The van der Waals surface area contributed by atoms with Crippen molar-refractivity contribution in [2.75, 3.05) is 62.7 Å². The van der Waals surface area contributed by atoms with Crippen LogP contribution in [0.5, 0.6) is 5.75 Å². The highest BCUT2D eigenvalue weighted by atomic mass is 16.5. The van der Waals surface area contributed by atoms with Gasteiger partial charge in [0, 0.05) is 69.7 Å². The fourth-order valence-electron chi connectivity index (χ4n) is 4.26. The number of methoxy groups -OCH3 is 1. The third-order valence-corrected chi connectivity index (χ3v) is 6.03. The van der Waals surface area contributed by atoms with E-state index in [2.05, 4.69) is 44.7 Å². The van der Waals surface area contributed by atoms with E-state index in [1.165, 1.54) is 5.69 Å². The molecule has 4 rings (SSSR count). The molecule has 2 aliphatic heterocycles. The molecule has 1 unspecified atom stereocenters. The number of carbonyl (C=O) groups excluding carboxylic acids is 2. The summed E-state index contributed by atoms with van der Waals surface area (Å²) in [6, 6.07) is 17.4. The second kappa shape index (κ2) is 10.4. The topological polar surface area (TPSA) is 77.2 Å². The first-order valence-electron chi connectivity index (χ1n) is 11.1. The highest BCUT2D eigenvalue weighted by molar-refractivity contribution is 5.97. The molecule has 170 valence electrons. The van der Waals surface area contributed by atoms with Crippen molar-refractivity contribution >= 4 is 23.3 Å². The number of piperazine rings is 1. The Morgan fingerprint density at radius 1 is 1.03 bits per heavy atom. The van der Waals surface area contributed by atoms with E-state index < -0.39 is 0 Å². The van der Waals surface area contributed by atoms with Crippen LogP contribution < -0.4 is 25.2 Å². The highest BCUT2D eigenvalue weighted by Crippen LogP contribution is 2.25. The Hall–Kier alpha value is -3.26. The van der Waals surface area contributed by atoms with Crippen LogP contribution in [0.1, 0.15) is 6.42 Å². The molecule has 0 bridgehead atoms. The minimum absolute atomic E-state index is 0.000148. The first kappa shape index (κ1) is 22.0. The van der Waals surface area contributed by atoms with Gasteiger partial charge in [-0.1, -0.05) is 24.3 Å². The summed E-state index contributed by atoms with van der Waals surface area (Å²) in [7, 11) is 1.60. The quantitative estimate of drug-likeness (QED) is 0.692. The molecule has 2 aliphatic rings. The van der Waals surface area contributed by atoms with Gasteiger partial charge in [-0.25, -0.2) is 4.79 Å². The largest absolute Gasteiger partial charge is 0.497 e. The molecule has 0 spiro atoms. The van der Waals surface area contributed by atoms with Gasteiger partial charge in [0.2, 0.25) is 5.91 Å². The molecule has 32 heavy (non-hydrogen) atoms. The lowest BCUT2D eigenvalue weighted by Gasteiger charge is -2.36. The molecule has 2 N–H and O–H groups in total. The van der Waals surface area contributed by atoms with E-state index in [0.29, 0.717) is 25.3 Å². The molecule has 2 aromatic rings. The number of urea groups is 1. The zero-order valence-corrected chi connectivity index (χ0v) is 18.5. The number of para-hydroxylation sites is 1. The number of hydrogen-bond acceptors (Lipinski definition) is 5. The number of hydrogen-bond donors (Lipinski definition) is 2. The number of rotatable bonds is 7. The number of carbonyl (C=O) groups is 2. The highest BCUT2D eigenvalue weighted by Gasteiger charge is 2.31. The summed E-state index contributed by atoms with van der Waals surface area (Å²) in [6.45, 7) is 5.78. The van der Waals surface area contributed by atoms with Gasteiger partial charge in [-0.05, 0) is 24.3 Å². The standard InChI is InChI=1S/C24H31N5O3/c1-32-22-9-5-8-21(17-22)29-18-19(16-23(29)30)26-24(31)25-10-11-27-12-14-28(15-13-27)20-6-3-2-4-7-20/h2-9,17,19H,10-16,18H2,1H3,(H2,25,26,31). The third kappa shape index (κ3) is 5.50. The number of amides is 3. The molecule has 2 heterocycles. The maximum absolute atomic E-state index is 12.4. The summed E-state index contributed by atoms with van der Waals surface area (Å²) in [4.78, 5) is 31.2. The van der Waals surface area contributed by atoms with Crippen LogP contribution in [0.4, 0.5) is 16.2 Å². The van der Waals surface area contributed by atoms with Crippen LogP contribution in [0.3, 0.4) is 0 Å². The minimum Gasteiger partial charge on any atom is -0.497 e. The summed E-state index contributed by atoms with van der Waals surface area (Å²) in [5.41, 5.74) is 2.05. The van der Waals surface area contributed by atoms with Gasteiger partial charge < -0.3 is 25.2 Å². The van der Waals surface area contributed by atoms with Crippen LogP contribution in [0.2, 0.25) is 0 Å². The van der Waals surface area contributed by atoms with Gasteiger partial charge in [0.05, 0.1) is 13.2 Å². The summed E-state index contributed by atoms with van der Waals surface area (Å²) in [5.74, 6) is 0.703. The summed E-state index contributed by atoms with van der Waals surface area (Å²) < 4.78 is 5.24. The number of ether oxygens (including phenoxy) is 1. The second-order valence-electron chi connectivity index (χ2n) is 8.17. The predicted octanol–water partition coefficient (Wildman–Crippen LogP) is 1.92. The Kier molecular flexibility index (Phi) is 7.11. The molecular formula is C24H31N5O3. The SMILES string of the molecule is COc1cccc(N2CC(NC(=O)NCCN3CCN(c4ccccc4)CC3)CC2=O)c1. The van der Waals surface area contributed by atoms with Gasteiger partial charge in [-0.2, -0.15) is 0 Å². The molecule has 8 heteroatoms. The lowest BCUT2D eigenvalue weighted by molar-refractivity contribution is -0.117. The van der Waals surface area contributed by atoms with Crippen LogP contribution in [0.25, 0.3) is 0 Å². The first-order valence-corrected chi connectivity index (χ1v) is 11.1. The fraction of sp³-hybridized carbons (Fsp3) is 0.417. The van der Waals surface area contributed by atoms with Crippen LogP contribution in [-0.4, -0.2) is 75.8 Å². The molecule has 3 amide bonds. The molecule has 0 aliphatic carbocycles. The van der Waals surface area contributed by atoms with E-state index >= 15 is 0 Å². The Bertz CT molecular complexity index is 915. The van der Waals surface area contributed by atoms with Gasteiger partial charge in [-0.3, -0.25) is 9.69 Å². The van der Waals surface area contributed by atoms with Crippen molar-refractivity contribution in [3.8, 4) is 5.75 Å². The van der Waals surface area contributed by atoms with Crippen LogP contribution >= 0.6 is 0 Å². The van der Waals surface area contributed by atoms with E-state index in [0.717, 1.165) is 38.4 Å². The predicted molar refractivity (Wildman–Crippen MR) is 125 cm³/mol. The molecule has 0 radical (unpaired) electrons. The first-order chi connectivity index (χ1) is 15.6. The lowest BCUT2D eigenvalue weighted by Crippen LogP contribution is -2.50. The fourth-order valence-corrected chi connectivity index (χ4v) is 4.26. The van der Waals surface area contributed by atoms with Crippen molar-refractivity contribution < 1.29 is 14.3 Å². The smallest absolute Gasteiger partial charge is 0.315 e. The van der Waals surface area contributed by atoms with Crippen LogP contribution in [0.15, 0.2) is 54.6 Å². The molecule has 2 aromatic carbocycles. The third-order valence-electron chi connectivity index (χ3n) is 6.03. The average molecular weight is 438 g/mol. The van der Waals surface area contributed by atoms with Gasteiger partial charge in [0.1, 0.15) is 5.75 Å². The van der Waals surface area contributed by atoms with Crippen LogP contribution in [0, 0.1) is 0 Å². The Morgan fingerprint density at radius 2 is 1.78 bits per heavy atom. The molecule has 1 atom stereocenters. The van der Waals surface area contributed by atoms with E-state index in [1.54, 1.807) is 12.0 Å². The number of benzene rings is 2. The van der Waals surface area contributed by atoms with Crippen molar-refractivity contribution in [2.45, 2.75) is 12.5 Å². The molecule has 2 saturated heterocycles. The van der Waals surface area contributed by atoms with Gasteiger partial charge in [0.25, 0.3) is 0 Å². The monoisotopic (exact) mass is 437 g/mol. The van der Waals surface area contributed by atoms with E-state index in [-0.39, 0.29) is 18.0 Å². The normalized spacial score (nSPS) is 19.2. The Morgan fingerprint density at radius 3 is 2.53 bits per heavy atom.